The predicted molar refractivity (Wildman–Crippen MR) is 162 cm³/mol. The molecule has 2 amide bonds. The number of Topliss-reactive ketones (excluding diaryl/α,β-unsaturated/α-hetero) is 1. The fourth-order valence-electron chi connectivity index (χ4n) is 5.64. The zero-order valence-electron chi connectivity index (χ0n) is 24.9. The number of anilines is 1. The first-order valence-corrected chi connectivity index (χ1v) is 14.7. The molecule has 0 saturated carbocycles. The van der Waals surface area contributed by atoms with Gasteiger partial charge in [-0.2, -0.15) is 5.26 Å². The van der Waals surface area contributed by atoms with E-state index in [0.717, 1.165) is 30.4 Å². The summed E-state index contributed by atoms with van der Waals surface area (Å²) in [5.74, 6) is -0.825. The van der Waals surface area contributed by atoms with Crippen LogP contribution >= 0.6 is 0 Å². The lowest BCUT2D eigenvalue weighted by Crippen LogP contribution is -2.49. The van der Waals surface area contributed by atoms with Crippen molar-refractivity contribution in [2.45, 2.75) is 45.1 Å². The molecule has 0 unspecified atom stereocenters. The molecule has 1 atom stereocenters. The van der Waals surface area contributed by atoms with E-state index in [-0.39, 0.29) is 40.9 Å². The van der Waals surface area contributed by atoms with Crippen LogP contribution in [0.15, 0.2) is 64.3 Å². The van der Waals surface area contributed by atoms with Crippen LogP contribution < -0.4 is 10.6 Å². The second-order valence-electron chi connectivity index (χ2n) is 11.0. The van der Waals surface area contributed by atoms with Crippen molar-refractivity contribution in [2.24, 2.45) is 0 Å². The van der Waals surface area contributed by atoms with Gasteiger partial charge in [-0.05, 0) is 75.4 Å². The van der Waals surface area contributed by atoms with Gasteiger partial charge in [0.1, 0.15) is 34.8 Å². The molecule has 2 aliphatic heterocycles. The van der Waals surface area contributed by atoms with Crippen LogP contribution in [0.4, 0.5) is 5.69 Å². The quantitative estimate of drug-likeness (QED) is 0.161. The summed E-state index contributed by atoms with van der Waals surface area (Å²) in [5, 5.41) is 17.4. The maximum Gasteiger partial charge on any atom is 0.337 e. The van der Waals surface area contributed by atoms with E-state index in [2.05, 4.69) is 10.6 Å². The number of allylic oxidation sites excluding steroid dienone is 1. The molecule has 0 bridgehead atoms. The third kappa shape index (κ3) is 6.75. The van der Waals surface area contributed by atoms with Gasteiger partial charge in [0.25, 0.3) is 0 Å². The van der Waals surface area contributed by atoms with E-state index in [4.69, 9.17) is 9.15 Å². The lowest BCUT2D eigenvalue weighted by Gasteiger charge is -2.28. The van der Waals surface area contributed by atoms with Gasteiger partial charge in [0.15, 0.2) is 0 Å². The Kier molecular flexibility index (Phi) is 9.29. The number of hydrogen-bond acceptors (Lipinski definition) is 9. The molecule has 0 radical (unpaired) electrons. The highest BCUT2D eigenvalue weighted by Crippen LogP contribution is 2.25. The zero-order valence-corrected chi connectivity index (χ0v) is 24.9. The molecule has 3 aromatic rings. The van der Waals surface area contributed by atoms with Crippen molar-refractivity contribution in [3.63, 3.8) is 0 Å². The number of nitrogens with zero attached hydrogens (tertiary/aromatic N) is 3. The van der Waals surface area contributed by atoms with Gasteiger partial charge in [-0.25, -0.2) is 4.79 Å². The topological polar surface area (TPSA) is 145 Å². The minimum atomic E-state index is -0.788. The van der Waals surface area contributed by atoms with Crippen molar-refractivity contribution < 1.29 is 28.3 Å². The van der Waals surface area contributed by atoms with Crippen LogP contribution in [0, 0.1) is 18.3 Å². The number of rotatable bonds is 9. The summed E-state index contributed by atoms with van der Waals surface area (Å²) in [6.45, 7) is 3.68. The number of amides is 2. The molecule has 3 heterocycles. The Balaban J connectivity index is 1.49. The van der Waals surface area contributed by atoms with Gasteiger partial charge in [0.05, 0.1) is 19.2 Å². The van der Waals surface area contributed by atoms with Gasteiger partial charge in [-0.15, -0.1) is 0 Å². The van der Waals surface area contributed by atoms with Gasteiger partial charge in [0.2, 0.25) is 17.6 Å². The Morgan fingerprint density at radius 2 is 1.77 bits per heavy atom. The van der Waals surface area contributed by atoms with Crippen molar-refractivity contribution in [1.82, 2.24) is 15.1 Å². The van der Waals surface area contributed by atoms with E-state index in [1.165, 1.54) is 31.4 Å². The monoisotopic (exact) mass is 597 g/mol. The van der Waals surface area contributed by atoms with E-state index in [1.54, 1.807) is 21.9 Å². The number of hydrogen-bond donors (Lipinski definition) is 2. The third-order valence-electron chi connectivity index (χ3n) is 7.93. The number of likely N-dealkylation sites (tertiary alicyclic amines) is 2. The fraction of sp³-hybridized carbons (Fsp3) is 0.364. The van der Waals surface area contributed by atoms with Gasteiger partial charge in [-0.3, -0.25) is 14.4 Å². The Morgan fingerprint density at radius 1 is 1.02 bits per heavy atom. The molecule has 2 aromatic carbocycles. The number of nitrogens with one attached hydrogen (secondary N) is 2. The number of methoxy groups -OCH3 is 1. The number of furan rings is 1. The smallest absolute Gasteiger partial charge is 0.337 e. The maximum absolute atomic E-state index is 13.8. The molecule has 0 spiro atoms. The van der Waals surface area contributed by atoms with Crippen LogP contribution in [0.2, 0.25) is 0 Å². The molecule has 2 fully saturated rings. The highest BCUT2D eigenvalue weighted by Gasteiger charge is 2.32. The molecule has 2 aliphatic rings. The van der Waals surface area contributed by atoms with Crippen molar-refractivity contribution in [3.8, 4) is 6.07 Å². The number of fused-ring (bicyclic) bond motifs is 1. The number of nitriles is 1. The molecule has 1 aromatic heterocycles. The minimum Gasteiger partial charge on any atom is -0.465 e. The third-order valence-corrected chi connectivity index (χ3v) is 7.93. The number of benzene rings is 2. The van der Waals surface area contributed by atoms with Crippen LogP contribution in [0.5, 0.6) is 0 Å². The maximum atomic E-state index is 13.8. The molecule has 2 saturated heterocycles. The SMILES string of the molecule is COC(=O)c1cccc(C(=O)C(C#N)=C(Nc2ccc3oc(C)cc3c2)N[C@H]2CCCCN(CC(=O)N3CCCC3)C2=O)c1. The normalized spacial score (nSPS) is 17.5. The summed E-state index contributed by atoms with van der Waals surface area (Å²) >= 11 is 0. The first kappa shape index (κ1) is 30.4. The lowest BCUT2D eigenvalue weighted by atomic mass is 10.0. The Labute approximate surface area is 255 Å². The van der Waals surface area contributed by atoms with Crippen molar-refractivity contribution in [2.75, 3.05) is 38.6 Å². The van der Waals surface area contributed by atoms with Gasteiger partial charge in [0, 0.05) is 36.3 Å². The van der Waals surface area contributed by atoms with Gasteiger partial charge in [-0.1, -0.05) is 12.1 Å². The number of esters is 1. The van der Waals surface area contributed by atoms with E-state index < -0.39 is 17.8 Å². The van der Waals surface area contributed by atoms with E-state index in [9.17, 15) is 24.4 Å². The van der Waals surface area contributed by atoms with Crippen LogP contribution in [0.25, 0.3) is 11.0 Å². The van der Waals surface area contributed by atoms with Crippen LogP contribution in [-0.4, -0.2) is 72.7 Å². The van der Waals surface area contributed by atoms with Crippen molar-refractivity contribution in [1.29, 1.82) is 5.26 Å². The van der Waals surface area contributed by atoms with Gasteiger partial charge < -0.3 is 29.6 Å². The number of aryl methyl sites for hydroxylation is 1. The first-order chi connectivity index (χ1) is 21.3. The average Bonchev–Trinajstić information content (AvgIpc) is 3.67. The number of carbonyl (C=O) groups is 4. The molecule has 11 heteroatoms. The number of ether oxygens (including phenoxy) is 1. The summed E-state index contributed by atoms with van der Waals surface area (Å²) < 4.78 is 10.5. The second-order valence-corrected chi connectivity index (χ2v) is 11.0. The van der Waals surface area contributed by atoms with Gasteiger partial charge >= 0.3 is 5.97 Å². The highest BCUT2D eigenvalue weighted by atomic mass is 16.5. The van der Waals surface area contributed by atoms with Crippen LogP contribution in [0.3, 0.4) is 0 Å². The summed E-state index contributed by atoms with van der Waals surface area (Å²) in [6, 6.07) is 14.4. The van der Waals surface area contributed by atoms with Crippen LogP contribution in [0.1, 0.15) is 58.6 Å². The molecule has 0 aliphatic carbocycles. The lowest BCUT2D eigenvalue weighted by molar-refractivity contribution is -0.140. The number of ketones is 1. The molecule has 5 rings (SSSR count). The zero-order chi connectivity index (χ0) is 31.2. The summed E-state index contributed by atoms with van der Waals surface area (Å²) in [4.78, 5) is 55.9. The molecule has 228 valence electrons. The average molecular weight is 598 g/mol. The molecular weight excluding hydrogens is 562 g/mol. The molecule has 2 N–H and O–H groups in total. The predicted octanol–water partition coefficient (Wildman–Crippen LogP) is 4.15. The molecule has 11 nitrogen and oxygen atoms in total. The van der Waals surface area contributed by atoms with E-state index in [1.807, 2.05) is 25.1 Å². The van der Waals surface area contributed by atoms with E-state index in [0.29, 0.717) is 43.7 Å². The van der Waals surface area contributed by atoms with E-state index >= 15 is 0 Å². The fourth-order valence-corrected chi connectivity index (χ4v) is 5.64. The first-order valence-electron chi connectivity index (χ1n) is 14.7. The minimum absolute atomic E-state index is 0.00957. The van der Waals surface area contributed by atoms with Crippen LogP contribution in [-0.2, 0) is 14.3 Å². The second kappa shape index (κ2) is 13.5. The Morgan fingerprint density at radius 3 is 2.52 bits per heavy atom. The Hall–Kier alpha value is -5.11. The number of carbonyl (C=O) groups excluding carboxylic acids is 4. The largest absolute Gasteiger partial charge is 0.465 e. The summed E-state index contributed by atoms with van der Waals surface area (Å²) in [5.41, 5.74) is 1.24. The standard InChI is InChI=1S/C33H35N5O6/c1-21-16-24-18-25(11-12-28(24)44-21)35-31(26(19-34)30(40)22-8-7-9-23(17-22)33(42)43-2)36-27-10-3-4-15-38(32(27)41)20-29(39)37-13-5-6-14-37/h7-9,11-12,16-18,27,35-36H,3-6,10,13-15,20H2,1-2H3/t27-/m0/s1. The summed E-state index contributed by atoms with van der Waals surface area (Å²) in [7, 11) is 1.24. The van der Waals surface area contributed by atoms with Crippen molar-refractivity contribution in [3.05, 3.63) is 76.8 Å². The van der Waals surface area contributed by atoms with Crippen molar-refractivity contribution >= 4 is 40.2 Å². The highest BCUT2D eigenvalue weighted by molar-refractivity contribution is 6.13. The molecular formula is C33H35N5O6. The molecule has 44 heavy (non-hydrogen) atoms. The Bertz CT molecular complexity index is 1660. The summed E-state index contributed by atoms with van der Waals surface area (Å²) in [6.07, 6.45) is 3.80.